The van der Waals surface area contributed by atoms with E-state index in [4.69, 9.17) is 0 Å². The van der Waals surface area contributed by atoms with E-state index in [0.717, 1.165) is 10.0 Å². The van der Waals surface area contributed by atoms with E-state index in [2.05, 4.69) is 41.4 Å². The van der Waals surface area contributed by atoms with Gasteiger partial charge < -0.3 is 0 Å². The zero-order valence-electron chi connectivity index (χ0n) is 13.1. The van der Waals surface area contributed by atoms with Crippen LogP contribution in [0.2, 0.25) is 0 Å². The fourth-order valence-electron chi connectivity index (χ4n) is 2.29. The predicted octanol–water partition coefficient (Wildman–Crippen LogP) is 4.86. The van der Waals surface area contributed by atoms with Crippen LogP contribution in [0.1, 0.15) is 31.9 Å². The quantitative estimate of drug-likeness (QED) is 0.825. The Balaban J connectivity index is 2.49. The van der Waals surface area contributed by atoms with Crippen LogP contribution in [0, 0.1) is 6.92 Å². The van der Waals surface area contributed by atoms with Gasteiger partial charge in [-0.2, -0.15) is 0 Å². The molecule has 0 aliphatic carbocycles. The summed E-state index contributed by atoms with van der Waals surface area (Å²) in [6.45, 7) is 7.97. The van der Waals surface area contributed by atoms with Crippen LogP contribution in [0.4, 0.5) is 5.69 Å². The Morgan fingerprint density at radius 2 is 1.68 bits per heavy atom. The van der Waals surface area contributed by atoms with Gasteiger partial charge in [-0.25, -0.2) is 8.42 Å². The first-order chi connectivity index (χ1) is 10.1. The summed E-state index contributed by atoms with van der Waals surface area (Å²) in [5.74, 6) is 0. The topological polar surface area (TPSA) is 46.2 Å². The van der Waals surface area contributed by atoms with Gasteiger partial charge in [0.2, 0.25) is 0 Å². The number of hydrogen-bond acceptors (Lipinski definition) is 2. The predicted molar refractivity (Wildman–Crippen MR) is 94.8 cm³/mol. The number of para-hydroxylation sites is 1. The third-order valence-electron chi connectivity index (χ3n) is 3.42. The van der Waals surface area contributed by atoms with Crippen LogP contribution in [0.5, 0.6) is 0 Å². The molecule has 2 aromatic rings. The number of sulfonamides is 1. The molecule has 0 bridgehead atoms. The molecule has 0 unspecified atom stereocenters. The monoisotopic (exact) mass is 381 g/mol. The van der Waals surface area contributed by atoms with Crippen LogP contribution < -0.4 is 4.72 Å². The summed E-state index contributed by atoms with van der Waals surface area (Å²) in [6, 6.07) is 12.7. The molecular formula is C17H20BrNO2S. The van der Waals surface area contributed by atoms with Crippen molar-refractivity contribution in [2.75, 3.05) is 4.72 Å². The Bertz CT molecular complexity index is 793. The Morgan fingerprint density at radius 1 is 1.05 bits per heavy atom. The van der Waals surface area contributed by atoms with Crippen molar-refractivity contribution in [2.45, 2.75) is 38.0 Å². The van der Waals surface area contributed by atoms with E-state index in [1.165, 1.54) is 0 Å². The van der Waals surface area contributed by atoms with E-state index in [1.807, 2.05) is 24.3 Å². The molecule has 0 spiro atoms. The lowest BCUT2D eigenvalue weighted by Crippen LogP contribution is -2.19. The van der Waals surface area contributed by atoms with E-state index in [1.54, 1.807) is 25.1 Å². The zero-order valence-corrected chi connectivity index (χ0v) is 15.5. The first kappa shape index (κ1) is 17.0. The number of benzene rings is 2. The largest absolute Gasteiger partial charge is 0.279 e. The highest BCUT2D eigenvalue weighted by Crippen LogP contribution is 2.31. The maximum absolute atomic E-state index is 12.7. The van der Waals surface area contributed by atoms with Gasteiger partial charge in [0.1, 0.15) is 0 Å². The van der Waals surface area contributed by atoms with Gasteiger partial charge in [-0.15, -0.1) is 0 Å². The molecule has 3 nitrogen and oxygen atoms in total. The molecule has 118 valence electrons. The van der Waals surface area contributed by atoms with Gasteiger partial charge >= 0.3 is 0 Å². The van der Waals surface area contributed by atoms with E-state index < -0.39 is 10.0 Å². The minimum absolute atomic E-state index is 0.147. The Morgan fingerprint density at radius 3 is 2.32 bits per heavy atom. The molecule has 0 radical (unpaired) electrons. The molecule has 0 aliphatic rings. The van der Waals surface area contributed by atoms with Crippen LogP contribution >= 0.6 is 15.9 Å². The van der Waals surface area contributed by atoms with Crippen LogP contribution in [0.25, 0.3) is 0 Å². The molecule has 0 fully saturated rings. The van der Waals surface area contributed by atoms with E-state index in [0.29, 0.717) is 11.3 Å². The summed E-state index contributed by atoms with van der Waals surface area (Å²) in [5.41, 5.74) is 2.15. The number of aryl methyl sites for hydroxylation is 1. The number of halogens is 1. The Hall–Kier alpha value is -1.33. The van der Waals surface area contributed by atoms with Crippen LogP contribution in [-0.4, -0.2) is 8.42 Å². The van der Waals surface area contributed by atoms with Gasteiger partial charge in [-0.05, 0) is 41.7 Å². The molecule has 2 rings (SSSR count). The van der Waals surface area contributed by atoms with Gasteiger partial charge in [-0.1, -0.05) is 61.0 Å². The van der Waals surface area contributed by atoms with Crippen molar-refractivity contribution in [1.29, 1.82) is 0 Å². The lowest BCUT2D eigenvalue weighted by atomic mass is 9.86. The molecule has 0 aromatic heterocycles. The standard InChI is InChI=1S/C17H20BrNO2S/c1-12-9-10-13(18)11-16(12)22(20,21)19-15-8-6-5-7-14(15)17(2,3)4/h5-11,19H,1-4H3. The van der Waals surface area contributed by atoms with Crippen molar-refractivity contribution >= 4 is 31.6 Å². The molecule has 0 amide bonds. The van der Waals surface area contributed by atoms with Gasteiger partial charge in [0.05, 0.1) is 10.6 Å². The highest BCUT2D eigenvalue weighted by Gasteiger charge is 2.22. The second-order valence-electron chi connectivity index (χ2n) is 6.31. The molecule has 0 heterocycles. The first-order valence-electron chi connectivity index (χ1n) is 7.00. The van der Waals surface area contributed by atoms with Crippen molar-refractivity contribution < 1.29 is 8.42 Å². The average Bonchev–Trinajstić information content (AvgIpc) is 2.40. The third-order valence-corrected chi connectivity index (χ3v) is 5.42. The molecule has 5 heteroatoms. The highest BCUT2D eigenvalue weighted by atomic mass is 79.9. The lowest BCUT2D eigenvalue weighted by molar-refractivity contribution is 0.590. The highest BCUT2D eigenvalue weighted by molar-refractivity contribution is 9.10. The molecule has 22 heavy (non-hydrogen) atoms. The second kappa shape index (κ2) is 6.05. The summed E-state index contributed by atoms with van der Waals surface area (Å²) in [6.07, 6.45) is 0. The average molecular weight is 382 g/mol. The van der Waals surface area contributed by atoms with Crippen LogP contribution in [0.3, 0.4) is 0 Å². The van der Waals surface area contributed by atoms with Gasteiger partial charge in [-0.3, -0.25) is 4.72 Å². The number of rotatable bonds is 3. The van der Waals surface area contributed by atoms with E-state index >= 15 is 0 Å². The minimum atomic E-state index is -3.63. The molecule has 0 aliphatic heterocycles. The molecule has 0 atom stereocenters. The van der Waals surface area contributed by atoms with Crippen molar-refractivity contribution in [3.8, 4) is 0 Å². The SMILES string of the molecule is Cc1ccc(Br)cc1S(=O)(=O)Nc1ccccc1C(C)(C)C. The first-order valence-corrected chi connectivity index (χ1v) is 9.27. The van der Waals surface area contributed by atoms with Crippen LogP contribution in [-0.2, 0) is 15.4 Å². The Labute approximate surface area is 140 Å². The molecule has 0 saturated heterocycles. The summed E-state index contributed by atoms with van der Waals surface area (Å²) in [4.78, 5) is 0.283. The van der Waals surface area contributed by atoms with Crippen molar-refractivity contribution in [2.24, 2.45) is 0 Å². The maximum Gasteiger partial charge on any atom is 0.262 e. The minimum Gasteiger partial charge on any atom is -0.279 e. The number of hydrogen-bond donors (Lipinski definition) is 1. The van der Waals surface area contributed by atoms with Gasteiger partial charge in [0.25, 0.3) is 10.0 Å². The molecule has 2 aromatic carbocycles. The third kappa shape index (κ3) is 3.70. The summed E-state index contributed by atoms with van der Waals surface area (Å²) < 4.78 is 28.9. The van der Waals surface area contributed by atoms with Crippen molar-refractivity contribution in [3.05, 3.63) is 58.1 Å². The fraction of sp³-hybridized carbons (Fsp3) is 0.294. The Kier molecular flexibility index (Phi) is 4.68. The van der Waals surface area contributed by atoms with Crippen molar-refractivity contribution in [3.63, 3.8) is 0 Å². The number of nitrogens with one attached hydrogen (secondary N) is 1. The lowest BCUT2D eigenvalue weighted by Gasteiger charge is -2.23. The summed E-state index contributed by atoms with van der Waals surface area (Å²) in [5, 5.41) is 0. The van der Waals surface area contributed by atoms with Gasteiger partial charge in [0, 0.05) is 4.47 Å². The van der Waals surface area contributed by atoms with E-state index in [9.17, 15) is 8.42 Å². The van der Waals surface area contributed by atoms with Crippen LogP contribution in [0.15, 0.2) is 51.8 Å². The number of anilines is 1. The zero-order chi connectivity index (χ0) is 16.5. The summed E-state index contributed by atoms with van der Waals surface area (Å²) in [7, 11) is -3.63. The maximum atomic E-state index is 12.7. The van der Waals surface area contributed by atoms with Crippen molar-refractivity contribution in [1.82, 2.24) is 0 Å². The summed E-state index contributed by atoms with van der Waals surface area (Å²) >= 11 is 3.33. The second-order valence-corrected chi connectivity index (χ2v) is 8.88. The molecular weight excluding hydrogens is 362 g/mol. The smallest absolute Gasteiger partial charge is 0.262 e. The molecule has 0 saturated carbocycles. The van der Waals surface area contributed by atoms with E-state index in [-0.39, 0.29) is 10.3 Å². The normalized spacial score (nSPS) is 12.2. The molecule has 1 N–H and O–H groups in total. The van der Waals surface area contributed by atoms with Gasteiger partial charge in [0.15, 0.2) is 0 Å². The fourth-order valence-corrected chi connectivity index (χ4v) is 4.15.